The summed E-state index contributed by atoms with van der Waals surface area (Å²) >= 11 is 0. The number of halogens is 2. The van der Waals surface area contributed by atoms with Crippen molar-refractivity contribution >= 4 is 10.0 Å². The summed E-state index contributed by atoms with van der Waals surface area (Å²) in [6, 6.07) is 12.3. The van der Waals surface area contributed by atoms with Gasteiger partial charge in [0.05, 0.1) is 11.6 Å². The van der Waals surface area contributed by atoms with Crippen LogP contribution in [-0.2, 0) is 33.4 Å². The molecule has 2 aromatic carbocycles. The van der Waals surface area contributed by atoms with Crippen LogP contribution in [0.15, 0.2) is 54.7 Å². The summed E-state index contributed by atoms with van der Waals surface area (Å²) in [6.45, 7) is 0.839. The van der Waals surface area contributed by atoms with Crippen molar-refractivity contribution in [2.45, 2.75) is 55.6 Å². The third-order valence-corrected chi connectivity index (χ3v) is 9.86. The zero-order valence-corrected chi connectivity index (χ0v) is 21.7. The van der Waals surface area contributed by atoms with Crippen molar-refractivity contribution in [2.75, 3.05) is 13.2 Å². The van der Waals surface area contributed by atoms with Crippen LogP contribution < -0.4 is 5.32 Å². The minimum Gasteiger partial charge on any atom is -0.381 e. The summed E-state index contributed by atoms with van der Waals surface area (Å²) in [7, 11) is -3.92. The number of hydrogen-bond donors (Lipinski definition) is 2. The van der Waals surface area contributed by atoms with E-state index in [0.717, 1.165) is 16.1 Å². The van der Waals surface area contributed by atoms with Crippen LogP contribution in [0.1, 0.15) is 53.3 Å². The lowest BCUT2D eigenvalue weighted by Gasteiger charge is -2.39. The number of rotatable bonds is 7. The SMILES string of the molecule is C#C[C@H]1CC[C@H](c2ccccc2)S(=O)(=O)N1Cc1cc(F)c(C2(NCc3ccn[nH]3)CCOCC2)cc1F. The van der Waals surface area contributed by atoms with Gasteiger partial charge < -0.3 is 10.1 Å². The Morgan fingerprint density at radius 3 is 2.58 bits per heavy atom. The number of benzene rings is 2. The van der Waals surface area contributed by atoms with Crippen molar-refractivity contribution in [1.29, 1.82) is 0 Å². The van der Waals surface area contributed by atoms with Gasteiger partial charge in [-0.05, 0) is 49.4 Å². The van der Waals surface area contributed by atoms with Gasteiger partial charge in [-0.1, -0.05) is 36.3 Å². The number of hydrogen-bond acceptors (Lipinski definition) is 5. The molecule has 2 N–H and O–H groups in total. The normalized spacial score (nSPS) is 23.1. The molecule has 0 unspecified atom stereocenters. The number of aromatic nitrogens is 2. The molecule has 10 heteroatoms. The average Bonchev–Trinajstić information content (AvgIpc) is 3.45. The van der Waals surface area contributed by atoms with E-state index in [0.29, 0.717) is 51.0 Å². The Hall–Kier alpha value is -3.10. The van der Waals surface area contributed by atoms with Crippen molar-refractivity contribution in [2.24, 2.45) is 0 Å². The number of nitrogens with one attached hydrogen (secondary N) is 2. The molecule has 0 saturated carbocycles. The summed E-state index contributed by atoms with van der Waals surface area (Å²) in [5.41, 5.74) is 0.763. The maximum atomic E-state index is 15.7. The minimum absolute atomic E-state index is 0.0560. The van der Waals surface area contributed by atoms with Gasteiger partial charge in [-0.3, -0.25) is 5.10 Å². The molecule has 5 rings (SSSR count). The number of aromatic amines is 1. The molecule has 2 aliphatic rings. The Kier molecular flexibility index (Phi) is 7.63. The van der Waals surface area contributed by atoms with Crippen molar-refractivity contribution in [3.63, 3.8) is 0 Å². The standard InChI is InChI=1S/C28H30F2N4O3S/c1-2-23-8-9-27(20-6-4-3-5-7-20)38(35,36)34(23)19-21-16-26(30)24(17-25(21)29)28(11-14-37-15-12-28)31-18-22-10-13-32-33-22/h1,3-7,10,13,16-17,23,27,31H,8-9,11-12,14-15,18-19H2,(H,32,33)/t23-,27+/m0/s1. The maximum absolute atomic E-state index is 15.7. The van der Waals surface area contributed by atoms with Gasteiger partial charge in [-0.2, -0.15) is 9.40 Å². The number of nitrogens with zero attached hydrogens (tertiary/aromatic N) is 2. The monoisotopic (exact) mass is 540 g/mol. The van der Waals surface area contributed by atoms with Gasteiger partial charge in [0.15, 0.2) is 0 Å². The van der Waals surface area contributed by atoms with E-state index in [4.69, 9.17) is 11.2 Å². The lowest BCUT2D eigenvalue weighted by atomic mass is 9.81. The molecule has 0 aliphatic carbocycles. The lowest BCUT2D eigenvalue weighted by Crippen LogP contribution is -2.47. The van der Waals surface area contributed by atoms with E-state index in [-0.39, 0.29) is 17.7 Å². The molecule has 200 valence electrons. The Balaban J connectivity index is 1.45. The highest BCUT2D eigenvalue weighted by Gasteiger charge is 2.42. The Morgan fingerprint density at radius 2 is 1.89 bits per heavy atom. The molecule has 2 atom stereocenters. The van der Waals surface area contributed by atoms with Gasteiger partial charge in [0.1, 0.15) is 16.9 Å². The number of ether oxygens (including phenoxy) is 1. The minimum atomic E-state index is -3.92. The molecule has 1 aromatic heterocycles. The highest BCUT2D eigenvalue weighted by atomic mass is 32.2. The molecule has 3 aromatic rings. The van der Waals surface area contributed by atoms with Gasteiger partial charge in [0.25, 0.3) is 0 Å². The van der Waals surface area contributed by atoms with E-state index in [1.807, 2.05) is 12.1 Å². The fraction of sp³-hybridized carbons (Fsp3) is 0.393. The number of terminal acetylenes is 1. The van der Waals surface area contributed by atoms with Gasteiger partial charge in [0.2, 0.25) is 10.0 Å². The van der Waals surface area contributed by atoms with E-state index in [9.17, 15) is 8.42 Å². The van der Waals surface area contributed by atoms with Crippen LogP contribution in [0.3, 0.4) is 0 Å². The molecule has 2 fully saturated rings. The molecule has 0 spiro atoms. The molecule has 0 amide bonds. The predicted molar refractivity (Wildman–Crippen MR) is 139 cm³/mol. The quantitative estimate of drug-likeness (QED) is 0.440. The largest absolute Gasteiger partial charge is 0.381 e. The first-order valence-electron chi connectivity index (χ1n) is 12.7. The first kappa shape index (κ1) is 26.5. The molecule has 38 heavy (non-hydrogen) atoms. The second kappa shape index (κ2) is 10.9. The first-order valence-corrected chi connectivity index (χ1v) is 14.2. The molecular weight excluding hydrogens is 510 g/mol. The summed E-state index contributed by atoms with van der Waals surface area (Å²) in [5.74, 6) is 1.25. The lowest BCUT2D eigenvalue weighted by molar-refractivity contribution is 0.0341. The molecule has 0 bridgehead atoms. The van der Waals surface area contributed by atoms with E-state index in [1.54, 1.807) is 30.5 Å². The van der Waals surface area contributed by atoms with E-state index < -0.39 is 38.5 Å². The van der Waals surface area contributed by atoms with E-state index >= 15 is 8.78 Å². The number of H-pyrrole nitrogens is 1. The zero-order chi connectivity index (χ0) is 26.8. The third-order valence-electron chi connectivity index (χ3n) is 7.60. The van der Waals surface area contributed by atoms with E-state index in [1.165, 1.54) is 6.07 Å². The molecule has 2 aliphatic heterocycles. The fourth-order valence-corrected chi connectivity index (χ4v) is 7.57. The second-order valence-corrected chi connectivity index (χ2v) is 11.9. The topological polar surface area (TPSA) is 87.3 Å². The average molecular weight is 541 g/mol. The highest BCUT2D eigenvalue weighted by molar-refractivity contribution is 7.89. The van der Waals surface area contributed by atoms with Gasteiger partial charge in [0, 0.05) is 49.3 Å². The van der Waals surface area contributed by atoms with Crippen LogP contribution in [0.4, 0.5) is 8.78 Å². The fourth-order valence-electron chi connectivity index (χ4n) is 5.47. The molecule has 2 saturated heterocycles. The summed E-state index contributed by atoms with van der Waals surface area (Å²) in [5, 5.41) is 9.40. The summed E-state index contributed by atoms with van der Waals surface area (Å²) < 4.78 is 65.2. The van der Waals surface area contributed by atoms with Crippen LogP contribution in [0.25, 0.3) is 0 Å². The van der Waals surface area contributed by atoms with Crippen molar-refractivity contribution < 1.29 is 21.9 Å². The van der Waals surface area contributed by atoms with E-state index in [2.05, 4.69) is 21.4 Å². The van der Waals surface area contributed by atoms with Crippen LogP contribution >= 0.6 is 0 Å². The second-order valence-electron chi connectivity index (χ2n) is 9.80. The molecular formula is C28H30F2N4O3S. The summed E-state index contributed by atoms with van der Waals surface area (Å²) in [4.78, 5) is 0. The highest BCUT2D eigenvalue weighted by Crippen LogP contribution is 2.39. The van der Waals surface area contributed by atoms with Crippen molar-refractivity contribution in [1.82, 2.24) is 19.8 Å². The van der Waals surface area contributed by atoms with Crippen LogP contribution in [-0.4, -0.2) is 42.2 Å². The van der Waals surface area contributed by atoms with Crippen LogP contribution in [0.5, 0.6) is 0 Å². The summed E-state index contributed by atoms with van der Waals surface area (Å²) in [6.07, 6.45) is 9.01. The Morgan fingerprint density at radius 1 is 1.13 bits per heavy atom. The van der Waals surface area contributed by atoms with Crippen molar-refractivity contribution in [3.8, 4) is 12.3 Å². The van der Waals surface area contributed by atoms with Crippen LogP contribution in [0, 0.1) is 24.0 Å². The smallest absolute Gasteiger partial charge is 0.222 e. The van der Waals surface area contributed by atoms with Gasteiger partial charge in [-0.25, -0.2) is 17.2 Å². The third kappa shape index (κ3) is 5.12. The Bertz CT molecular complexity index is 1400. The zero-order valence-electron chi connectivity index (χ0n) is 20.9. The maximum Gasteiger partial charge on any atom is 0.222 e. The van der Waals surface area contributed by atoms with Crippen molar-refractivity contribution in [3.05, 3.63) is 88.7 Å². The first-order chi connectivity index (χ1) is 18.3. The van der Waals surface area contributed by atoms with Crippen LogP contribution in [0.2, 0.25) is 0 Å². The molecule has 7 nitrogen and oxygen atoms in total. The molecule has 3 heterocycles. The van der Waals surface area contributed by atoms with Gasteiger partial charge >= 0.3 is 0 Å². The Labute approximate surface area is 221 Å². The predicted octanol–water partition coefficient (Wildman–Crippen LogP) is 4.15. The number of sulfonamides is 1. The molecule has 0 radical (unpaired) electrons. The van der Waals surface area contributed by atoms with Gasteiger partial charge in [-0.15, -0.1) is 6.42 Å².